The van der Waals surface area contributed by atoms with Crippen LogP contribution in [0.3, 0.4) is 0 Å². The molecule has 0 heterocycles. The fourth-order valence-corrected chi connectivity index (χ4v) is 3.86. The zero-order valence-corrected chi connectivity index (χ0v) is 17.4. The molecule has 2 saturated carbocycles. The third-order valence-electron chi connectivity index (χ3n) is 5.56. The number of hydrogen-bond donors (Lipinski definition) is 1. The van der Waals surface area contributed by atoms with Crippen LogP contribution in [0.5, 0.6) is 5.75 Å². The fraction of sp³-hybridized carbons (Fsp3) is 0.632. The number of halogens is 1. The van der Waals surface area contributed by atoms with E-state index in [0.29, 0.717) is 5.41 Å². The van der Waals surface area contributed by atoms with Crippen LogP contribution in [0.1, 0.15) is 37.7 Å². The quantitative estimate of drug-likeness (QED) is 0.412. The van der Waals surface area contributed by atoms with Gasteiger partial charge >= 0.3 is 0 Å². The first-order valence-electron chi connectivity index (χ1n) is 8.72. The van der Waals surface area contributed by atoms with Crippen molar-refractivity contribution in [2.24, 2.45) is 16.3 Å². The van der Waals surface area contributed by atoms with Gasteiger partial charge in [0.25, 0.3) is 0 Å². The summed E-state index contributed by atoms with van der Waals surface area (Å²) in [5.41, 5.74) is 1.74. The highest BCUT2D eigenvalue weighted by molar-refractivity contribution is 14.0. The van der Waals surface area contributed by atoms with Crippen molar-refractivity contribution in [3.05, 3.63) is 29.8 Å². The van der Waals surface area contributed by atoms with E-state index in [4.69, 9.17) is 4.74 Å². The smallest absolute Gasteiger partial charge is 0.193 e. The standard InChI is InChI=1S/C19H29N3O.HI/c1-20-18(21-14-19(11-6-12-19)16-9-10-16)22(2)13-15-7-4-5-8-17(15)23-3;/h4-5,7-8,16H,6,9-14H2,1-3H3,(H,20,21);1H. The van der Waals surface area contributed by atoms with Gasteiger partial charge in [-0.15, -0.1) is 24.0 Å². The van der Waals surface area contributed by atoms with Gasteiger partial charge in [-0.05, 0) is 43.1 Å². The molecule has 0 aliphatic heterocycles. The van der Waals surface area contributed by atoms with E-state index in [2.05, 4.69) is 34.4 Å². The van der Waals surface area contributed by atoms with Gasteiger partial charge in [-0.3, -0.25) is 4.99 Å². The summed E-state index contributed by atoms with van der Waals surface area (Å²) in [5.74, 6) is 2.87. The highest BCUT2D eigenvalue weighted by atomic mass is 127. The van der Waals surface area contributed by atoms with Gasteiger partial charge in [-0.25, -0.2) is 0 Å². The predicted molar refractivity (Wildman–Crippen MR) is 110 cm³/mol. The SMILES string of the molecule is CN=C(NCC1(C2CC2)CCC1)N(C)Cc1ccccc1OC.I. The van der Waals surface area contributed by atoms with Crippen molar-refractivity contribution < 1.29 is 4.74 Å². The van der Waals surface area contributed by atoms with Crippen molar-refractivity contribution in [2.45, 2.75) is 38.6 Å². The molecule has 5 heteroatoms. The van der Waals surface area contributed by atoms with E-state index in [1.54, 1.807) is 7.11 Å². The maximum absolute atomic E-state index is 5.45. The minimum atomic E-state index is 0. The van der Waals surface area contributed by atoms with Gasteiger partial charge in [-0.1, -0.05) is 24.6 Å². The second kappa shape index (κ2) is 8.41. The highest BCUT2D eigenvalue weighted by Crippen LogP contribution is 2.56. The molecule has 24 heavy (non-hydrogen) atoms. The molecule has 0 amide bonds. The molecule has 2 fully saturated rings. The molecule has 134 valence electrons. The van der Waals surface area contributed by atoms with Crippen molar-refractivity contribution >= 4 is 29.9 Å². The van der Waals surface area contributed by atoms with Gasteiger partial charge in [0.15, 0.2) is 5.96 Å². The van der Waals surface area contributed by atoms with Crippen molar-refractivity contribution in [1.82, 2.24) is 10.2 Å². The Kier molecular flexibility index (Phi) is 6.78. The highest BCUT2D eigenvalue weighted by Gasteiger charge is 2.48. The molecule has 0 aromatic heterocycles. The Balaban J connectivity index is 0.00000208. The third-order valence-corrected chi connectivity index (χ3v) is 5.56. The van der Waals surface area contributed by atoms with Crippen LogP contribution in [0.25, 0.3) is 0 Å². The van der Waals surface area contributed by atoms with E-state index in [0.717, 1.165) is 30.7 Å². The summed E-state index contributed by atoms with van der Waals surface area (Å²) in [5, 5.41) is 3.63. The van der Waals surface area contributed by atoms with Crippen LogP contribution in [0.4, 0.5) is 0 Å². The van der Waals surface area contributed by atoms with Crippen LogP contribution >= 0.6 is 24.0 Å². The molecule has 0 saturated heterocycles. The first-order chi connectivity index (χ1) is 11.2. The Morgan fingerprint density at radius 1 is 1.33 bits per heavy atom. The number of aliphatic imine (C=N–C) groups is 1. The second-order valence-electron chi connectivity index (χ2n) is 7.06. The zero-order chi connectivity index (χ0) is 16.3. The normalized spacial score (nSPS) is 19.0. The Labute approximate surface area is 163 Å². The number of hydrogen-bond acceptors (Lipinski definition) is 2. The van der Waals surface area contributed by atoms with Crippen molar-refractivity contribution in [3.63, 3.8) is 0 Å². The van der Waals surface area contributed by atoms with Crippen LogP contribution < -0.4 is 10.1 Å². The minimum absolute atomic E-state index is 0. The van der Waals surface area contributed by atoms with Crippen molar-refractivity contribution in [3.8, 4) is 5.75 Å². The Hall–Kier alpha value is -0.980. The number of guanidine groups is 1. The number of nitrogens with zero attached hydrogens (tertiary/aromatic N) is 2. The van der Waals surface area contributed by atoms with E-state index in [1.807, 2.05) is 19.2 Å². The molecule has 1 aromatic rings. The topological polar surface area (TPSA) is 36.9 Å². The van der Waals surface area contributed by atoms with Gasteiger partial charge < -0.3 is 15.0 Å². The molecular weight excluding hydrogens is 413 g/mol. The average Bonchev–Trinajstić information content (AvgIpc) is 3.35. The lowest BCUT2D eigenvalue weighted by Crippen LogP contribution is -2.47. The molecule has 0 spiro atoms. The van der Waals surface area contributed by atoms with Gasteiger partial charge in [-0.2, -0.15) is 0 Å². The predicted octanol–water partition coefficient (Wildman–Crippen LogP) is 3.90. The summed E-state index contributed by atoms with van der Waals surface area (Å²) in [6.45, 7) is 1.86. The molecule has 0 bridgehead atoms. The van der Waals surface area contributed by atoms with Gasteiger partial charge in [0.2, 0.25) is 0 Å². The van der Waals surface area contributed by atoms with E-state index >= 15 is 0 Å². The minimum Gasteiger partial charge on any atom is -0.496 e. The molecule has 4 nitrogen and oxygen atoms in total. The second-order valence-corrected chi connectivity index (χ2v) is 7.06. The number of benzene rings is 1. The zero-order valence-electron chi connectivity index (χ0n) is 15.0. The summed E-state index contributed by atoms with van der Waals surface area (Å²) in [6.07, 6.45) is 7.03. The molecule has 2 aliphatic carbocycles. The summed E-state index contributed by atoms with van der Waals surface area (Å²) >= 11 is 0. The van der Waals surface area contributed by atoms with E-state index in [1.165, 1.54) is 37.7 Å². The number of methoxy groups -OCH3 is 1. The summed E-state index contributed by atoms with van der Waals surface area (Å²) in [6, 6.07) is 8.18. The maximum atomic E-state index is 5.45. The van der Waals surface area contributed by atoms with E-state index < -0.39 is 0 Å². The van der Waals surface area contributed by atoms with Gasteiger partial charge in [0, 0.05) is 32.7 Å². The molecule has 3 rings (SSSR count). The Morgan fingerprint density at radius 2 is 2.04 bits per heavy atom. The number of nitrogens with one attached hydrogen (secondary N) is 1. The molecule has 0 radical (unpaired) electrons. The molecule has 2 aliphatic rings. The van der Waals surface area contributed by atoms with Gasteiger partial charge in [0.05, 0.1) is 7.11 Å². The van der Waals surface area contributed by atoms with Crippen LogP contribution in [0.15, 0.2) is 29.3 Å². The Morgan fingerprint density at radius 3 is 2.58 bits per heavy atom. The van der Waals surface area contributed by atoms with Gasteiger partial charge in [0.1, 0.15) is 5.75 Å². The van der Waals surface area contributed by atoms with Crippen LogP contribution in [-0.4, -0.2) is 38.6 Å². The number of rotatable bonds is 6. The largest absolute Gasteiger partial charge is 0.496 e. The first-order valence-corrected chi connectivity index (χ1v) is 8.72. The molecular formula is C19H30IN3O. The average molecular weight is 443 g/mol. The van der Waals surface area contributed by atoms with E-state index in [9.17, 15) is 0 Å². The summed E-state index contributed by atoms with van der Waals surface area (Å²) in [7, 11) is 5.68. The fourth-order valence-electron chi connectivity index (χ4n) is 3.86. The molecule has 0 atom stereocenters. The van der Waals surface area contributed by atoms with Crippen molar-refractivity contribution in [2.75, 3.05) is 27.7 Å². The third kappa shape index (κ3) is 4.16. The maximum Gasteiger partial charge on any atom is 0.193 e. The lowest BCUT2D eigenvalue weighted by Gasteiger charge is -2.43. The molecule has 0 unspecified atom stereocenters. The summed E-state index contributed by atoms with van der Waals surface area (Å²) < 4.78 is 5.45. The Bertz CT molecular complexity index is 567. The van der Waals surface area contributed by atoms with E-state index in [-0.39, 0.29) is 24.0 Å². The van der Waals surface area contributed by atoms with Crippen molar-refractivity contribution in [1.29, 1.82) is 0 Å². The number of ether oxygens (including phenoxy) is 1. The monoisotopic (exact) mass is 443 g/mol. The van der Waals surface area contributed by atoms with Crippen LogP contribution in [0.2, 0.25) is 0 Å². The lowest BCUT2D eigenvalue weighted by atomic mass is 9.65. The first kappa shape index (κ1) is 19.3. The lowest BCUT2D eigenvalue weighted by molar-refractivity contribution is 0.105. The molecule has 1 N–H and O–H groups in total. The number of para-hydroxylation sites is 1. The summed E-state index contributed by atoms with van der Waals surface area (Å²) in [4.78, 5) is 6.65. The van der Waals surface area contributed by atoms with Crippen LogP contribution in [-0.2, 0) is 6.54 Å². The molecule has 1 aromatic carbocycles. The van der Waals surface area contributed by atoms with Crippen LogP contribution in [0, 0.1) is 11.3 Å².